The van der Waals surface area contributed by atoms with E-state index in [2.05, 4.69) is 45.0 Å². The van der Waals surface area contributed by atoms with Crippen LogP contribution in [0.4, 0.5) is 5.82 Å². The van der Waals surface area contributed by atoms with Gasteiger partial charge in [0.1, 0.15) is 23.5 Å². The van der Waals surface area contributed by atoms with E-state index in [4.69, 9.17) is 5.73 Å². The number of rotatable bonds is 2. The minimum absolute atomic E-state index is 0.243. The molecule has 26 heavy (non-hydrogen) atoms. The lowest BCUT2D eigenvalue weighted by Crippen LogP contribution is -2.08. The van der Waals surface area contributed by atoms with Gasteiger partial charge in [-0.25, -0.2) is 9.97 Å². The summed E-state index contributed by atoms with van der Waals surface area (Å²) in [5.41, 5.74) is 11.8. The molecular formula is C21H18N4O. The van der Waals surface area contributed by atoms with E-state index in [1.54, 1.807) is 12.1 Å². The smallest absolute Gasteiger partial charge is 0.146 e. The number of nitrogens with zero attached hydrogens (tertiary/aromatic N) is 3. The second kappa shape index (κ2) is 5.59. The van der Waals surface area contributed by atoms with E-state index in [-0.39, 0.29) is 5.75 Å². The summed E-state index contributed by atoms with van der Waals surface area (Å²) >= 11 is 0. The van der Waals surface area contributed by atoms with Gasteiger partial charge in [-0.15, -0.1) is 0 Å². The van der Waals surface area contributed by atoms with Crippen molar-refractivity contribution in [2.45, 2.75) is 18.9 Å². The predicted molar refractivity (Wildman–Crippen MR) is 102 cm³/mol. The summed E-state index contributed by atoms with van der Waals surface area (Å²) in [5.74, 6) is 0.722. The van der Waals surface area contributed by atoms with Crippen LogP contribution in [0.3, 0.4) is 0 Å². The van der Waals surface area contributed by atoms with Gasteiger partial charge in [-0.1, -0.05) is 36.4 Å². The molecule has 3 N–H and O–H groups in total. The Morgan fingerprint density at radius 3 is 2.35 bits per heavy atom. The van der Waals surface area contributed by atoms with Gasteiger partial charge >= 0.3 is 0 Å². The van der Waals surface area contributed by atoms with Gasteiger partial charge < -0.3 is 15.4 Å². The quantitative estimate of drug-likeness (QED) is 0.582. The fourth-order valence-corrected chi connectivity index (χ4v) is 3.98. The number of fused-ring (bicyclic) bond motifs is 2. The Bertz CT molecular complexity index is 1090. The largest absolute Gasteiger partial charge is 0.508 e. The van der Waals surface area contributed by atoms with Crippen molar-refractivity contribution in [1.29, 1.82) is 0 Å². The topological polar surface area (TPSA) is 77.0 Å². The van der Waals surface area contributed by atoms with Gasteiger partial charge in [0, 0.05) is 17.8 Å². The van der Waals surface area contributed by atoms with Gasteiger partial charge in [0.25, 0.3) is 0 Å². The molecule has 128 valence electrons. The van der Waals surface area contributed by atoms with Crippen molar-refractivity contribution < 1.29 is 5.11 Å². The molecule has 0 spiro atoms. The molecule has 4 aromatic rings. The number of hydrogen-bond donors (Lipinski definition) is 2. The number of hydrogen-bond acceptors (Lipinski definition) is 4. The Balaban J connectivity index is 1.68. The number of benzene rings is 2. The fraction of sp³-hybridized carbons (Fsp3) is 0.143. The normalized spacial score (nSPS) is 14.0. The van der Waals surface area contributed by atoms with Gasteiger partial charge in [0.2, 0.25) is 0 Å². The van der Waals surface area contributed by atoms with Crippen molar-refractivity contribution in [3.05, 3.63) is 72.2 Å². The molecule has 0 radical (unpaired) electrons. The van der Waals surface area contributed by atoms with Crippen LogP contribution in [0.5, 0.6) is 5.75 Å². The highest BCUT2D eigenvalue weighted by atomic mass is 16.3. The van der Waals surface area contributed by atoms with E-state index < -0.39 is 0 Å². The molecule has 0 bridgehead atoms. The molecule has 0 fully saturated rings. The monoisotopic (exact) mass is 342 g/mol. The van der Waals surface area contributed by atoms with Crippen LogP contribution in [0.2, 0.25) is 0 Å². The maximum absolute atomic E-state index is 9.59. The third-order valence-electron chi connectivity index (χ3n) is 5.24. The molecule has 0 unspecified atom stereocenters. The molecular weight excluding hydrogens is 324 g/mol. The lowest BCUT2D eigenvalue weighted by molar-refractivity contribution is 0.475. The van der Waals surface area contributed by atoms with Crippen LogP contribution < -0.4 is 5.73 Å². The Kier molecular flexibility index (Phi) is 3.22. The van der Waals surface area contributed by atoms with E-state index in [0.29, 0.717) is 11.9 Å². The van der Waals surface area contributed by atoms with Gasteiger partial charge in [0.15, 0.2) is 0 Å². The predicted octanol–water partition coefficient (Wildman–Crippen LogP) is 3.73. The van der Waals surface area contributed by atoms with Crippen molar-refractivity contribution in [1.82, 2.24) is 14.5 Å². The lowest BCUT2D eigenvalue weighted by Gasteiger charge is -2.12. The number of nitrogens with two attached hydrogens (primary N) is 1. The van der Waals surface area contributed by atoms with E-state index >= 15 is 0 Å². The van der Waals surface area contributed by atoms with Crippen LogP contribution in [0.15, 0.2) is 61.1 Å². The Labute approximate surface area is 150 Å². The summed E-state index contributed by atoms with van der Waals surface area (Å²) in [4.78, 5) is 8.73. The van der Waals surface area contributed by atoms with Crippen molar-refractivity contribution >= 4 is 16.9 Å². The zero-order valence-electron chi connectivity index (χ0n) is 14.1. The summed E-state index contributed by atoms with van der Waals surface area (Å²) in [6.45, 7) is 0. The van der Waals surface area contributed by atoms with Crippen LogP contribution in [0.25, 0.3) is 22.2 Å². The Hall–Kier alpha value is -3.34. The molecule has 0 saturated carbocycles. The number of nitrogen functional groups attached to an aromatic ring is 1. The van der Waals surface area contributed by atoms with Crippen LogP contribution >= 0.6 is 0 Å². The highest BCUT2D eigenvalue weighted by molar-refractivity contribution is 6.00. The molecule has 5 nitrogen and oxygen atoms in total. The second-order valence-electron chi connectivity index (χ2n) is 6.79. The molecule has 1 aliphatic rings. The van der Waals surface area contributed by atoms with Crippen LogP contribution in [-0.4, -0.2) is 19.6 Å². The third-order valence-corrected chi connectivity index (χ3v) is 5.24. The summed E-state index contributed by atoms with van der Waals surface area (Å²) < 4.78 is 2.23. The Morgan fingerprint density at radius 1 is 0.962 bits per heavy atom. The van der Waals surface area contributed by atoms with Crippen molar-refractivity contribution in [3.63, 3.8) is 0 Å². The first-order valence-electron chi connectivity index (χ1n) is 8.68. The average Bonchev–Trinajstić information content (AvgIpc) is 3.24. The van der Waals surface area contributed by atoms with E-state index in [1.807, 2.05) is 12.1 Å². The summed E-state index contributed by atoms with van der Waals surface area (Å²) in [6.07, 6.45) is 5.62. The highest BCUT2D eigenvalue weighted by Gasteiger charge is 2.26. The maximum Gasteiger partial charge on any atom is 0.146 e. The van der Waals surface area contributed by atoms with Gasteiger partial charge in [-0.2, -0.15) is 0 Å². The van der Waals surface area contributed by atoms with Crippen LogP contribution in [-0.2, 0) is 12.8 Å². The average molecular weight is 342 g/mol. The summed E-state index contributed by atoms with van der Waals surface area (Å²) in [7, 11) is 0. The van der Waals surface area contributed by atoms with Gasteiger partial charge in [0.05, 0.1) is 5.39 Å². The molecule has 1 aliphatic carbocycles. The molecule has 0 amide bonds. The first-order chi connectivity index (χ1) is 12.7. The molecule has 5 rings (SSSR count). The molecule has 2 aromatic heterocycles. The van der Waals surface area contributed by atoms with E-state index in [9.17, 15) is 5.11 Å². The first kappa shape index (κ1) is 15.0. The number of aromatic nitrogens is 3. The van der Waals surface area contributed by atoms with E-state index in [0.717, 1.165) is 35.0 Å². The van der Waals surface area contributed by atoms with Gasteiger partial charge in [-0.05, 0) is 41.7 Å². The molecule has 0 saturated heterocycles. The van der Waals surface area contributed by atoms with Crippen molar-refractivity contribution in [3.8, 4) is 16.9 Å². The third kappa shape index (κ3) is 2.24. The molecule has 2 heterocycles. The number of aromatic hydroxyl groups is 1. The lowest BCUT2D eigenvalue weighted by atomic mass is 10.1. The number of phenols is 1. The number of anilines is 1. The highest BCUT2D eigenvalue weighted by Crippen LogP contribution is 2.38. The maximum atomic E-state index is 9.59. The molecule has 0 atom stereocenters. The number of phenolic OH excluding ortho intramolecular Hbond substituents is 1. The summed E-state index contributed by atoms with van der Waals surface area (Å²) in [5, 5.41) is 10.5. The fourth-order valence-electron chi connectivity index (χ4n) is 3.98. The zero-order valence-corrected chi connectivity index (χ0v) is 14.1. The summed E-state index contributed by atoms with van der Waals surface area (Å²) in [6, 6.07) is 16.1. The second-order valence-corrected chi connectivity index (χ2v) is 6.79. The van der Waals surface area contributed by atoms with Crippen molar-refractivity contribution in [2.75, 3.05) is 5.73 Å². The van der Waals surface area contributed by atoms with Crippen molar-refractivity contribution in [2.24, 2.45) is 0 Å². The van der Waals surface area contributed by atoms with Crippen LogP contribution in [0.1, 0.15) is 17.2 Å². The minimum Gasteiger partial charge on any atom is -0.508 e. The van der Waals surface area contributed by atoms with Crippen LogP contribution in [0, 0.1) is 0 Å². The standard InChI is InChI=1S/C21H18N4O/c22-20-19-18(13-5-7-17(26)8-6-13)11-25(21(19)24-12-23-20)16-9-14-3-1-2-4-15(14)10-16/h1-8,11-12,16,26H,9-10H2,(H2,22,23,24). The van der Waals surface area contributed by atoms with E-state index in [1.165, 1.54) is 17.5 Å². The molecule has 0 aliphatic heterocycles. The molecule has 2 aromatic carbocycles. The van der Waals surface area contributed by atoms with Gasteiger partial charge in [-0.3, -0.25) is 0 Å². The zero-order chi connectivity index (χ0) is 17.7. The Morgan fingerprint density at radius 2 is 1.65 bits per heavy atom. The minimum atomic E-state index is 0.243. The molecule has 5 heteroatoms. The first-order valence-corrected chi connectivity index (χ1v) is 8.68. The SMILES string of the molecule is Nc1ncnc2c1c(-c1ccc(O)cc1)cn2C1Cc2ccccc2C1.